The van der Waals surface area contributed by atoms with Gasteiger partial charge in [0.1, 0.15) is 11.3 Å². The summed E-state index contributed by atoms with van der Waals surface area (Å²) in [6.45, 7) is 8.53. The zero-order valence-corrected chi connectivity index (χ0v) is 21.8. The van der Waals surface area contributed by atoms with E-state index in [0.29, 0.717) is 0 Å². The Morgan fingerprint density at radius 1 is 1.20 bits per heavy atom. The number of ether oxygens (including phenoxy) is 2. The Morgan fingerprint density at radius 3 is 2.63 bits per heavy atom. The zero-order valence-electron chi connectivity index (χ0n) is 21.0. The van der Waals surface area contributed by atoms with Gasteiger partial charge in [0.15, 0.2) is 5.43 Å². The third kappa shape index (κ3) is 4.54. The smallest absolute Gasteiger partial charge is 0.343 e. The Kier molecular flexibility index (Phi) is 6.08. The number of thiazole rings is 1. The van der Waals surface area contributed by atoms with Crippen LogP contribution in [0.2, 0.25) is 0 Å². The molecule has 0 saturated heterocycles. The molecule has 1 unspecified atom stereocenters. The van der Waals surface area contributed by atoms with Crippen LogP contribution in [0, 0.1) is 11.3 Å². The second-order valence-electron chi connectivity index (χ2n) is 10.6. The molecule has 1 aliphatic heterocycles. The number of pyridine rings is 1. The van der Waals surface area contributed by atoms with Crippen molar-refractivity contribution in [1.29, 1.82) is 0 Å². The highest BCUT2D eigenvalue weighted by atomic mass is 32.1. The second kappa shape index (κ2) is 8.94. The molecule has 3 heterocycles. The average molecular weight is 493 g/mol. The highest BCUT2D eigenvalue weighted by Crippen LogP contribution is 2.46. The van der Waals surface area contributed by atoms with Crippen molar-refractivity contribution in [2.75, 3.05) is 13.7 Å². The number of nitrogens with zero attached hydrogens (tertiary/aromatic N) is 2. The van der Waals surface area contributed by atoms with Crippen LogP contribution < -0.4 is 10.2 Å². The van der Waals surface area contributed by atoms with E-state index in [4.69, 9.17) is 9.47 Å². The van der Waals surface area contributed by atoms with Crippen LogP contribution >= 0.6 is 11.3 Å². The summed E-state index contributed by atoms with van der Waals surface area (Å²) in [5, 5.41) is 1.18. The molecule has 3 aromatic rings. The van der Waals surface area contributed by atoms with Gasteiger partial charge in [-0.25, -0.2) is 9.78 Å². The van der Waals surface area contributed by atoms with E-state index >= 15 is 0 Å². The van der Waals surface area contributed by atoms with Crippen LogP contribution in [-0.2, 0) is 17.6 Å². The highest BCUT2D eigenvalue weighted by molar-refractivity contribution is 7.15. The molecule has 7 heteroatoms. The van der Waals surface area contributed by atoms with E-state index in [1.807, 2.05) is 12.3 Å². The maximum Gasteiger partial charge on any atom is 0.343 e. The van der Waals surface area contributed by atoms with Crippen molar-refractivity contribution in [3.05, 3.63) is 57.0 Å². The van der Waals surface area contributed by atoms with E-state index in [-0.39, 0.29) is 29.1 Å². The number of carbonyl (C=O) groups excluding carboxylic acids is 1. The summed E-state index contributed by atoms with van der Waals surface area (Å²) in [4.78, 5) is 31.2. The molecule has 6 nitrogen and oxygen atoms in total. The average Bonchev–Trinajstić information content (AvgIpc) is 3.51. The molecule has 1 fully saturated rings. The number of aromatic nitrogens is 2. The van der Waals surface area contributed by atoms with Gasteiger partial charge in [0.2, 0.25) is 0 Å². The lowest BCUT2D eigenvalue weighted by molar-refractivity contribution is 0.0523. The van der Waals surface area contributed by atoms with E-state index in [1.54, 1.807) is 37.6 Å². The number of rotatable bonds is 6. The Labute approximate surface area is 209 Å². The van der Waals surface area contributed by atoms with Gasteiger partial charge in [-0.3, -0.25) is 4.79 Å². The molecule has 0 bridgehead atoms. The summed E-state index contributed by atoms with van der Waals surface area (Å²) >= 11 is 1.74. The summed E-state index contributed by atoms with van der Waals surface area (Å²) in [6, 6.07) is 5.86. The minimum absolute atomic E-state index is 0.0620. The summed E-state index contributed by atoms with van der Waals surface area (Å²) in [7, 11) is 1.68. The lowest BCUT2D eigenvalue weighted by Gasteiger charge is -2.39. The normalized spacial score (nSPS) is 17.0. The molecule has 0 radical (unpaired) electrons. The van der Waals surface area contributed by atoms with Crippen LogP contribution in [0.25, 0.3) is 21.7 Å². The fourth-order valence-electron chi connectivity index (χ4n) is 4.91. The first-order valence-electron chi connectivity index (χ1n) is 12.3. The molecule has 184 valence electrons. The van der Waals surface area contributed by atoms with Crippen LogP contribution in [0.3, 0.4) is 0 Å². The Balaban J connectivity index is 1.64. The monoisotopic (exact) mass is 492 g/mol. The van der Waals surface area contributed by atoms with Crippen molar-refractivity contribution in [2.45, 2.75) is 59.4 Å². The summed E-state index contributed by atoms with van der Waals surface area (Å²) < 4.78 is 13.0. The number of benzene rings is 1. The zero-order chi connectivity index (χ0) is 24.9. The van der Waals surface area contributed by atoms with Crippen LogP contribution in [-0.4, -0.2) is 29.2 Å². The summed E-state index contributed by atoms with van der Waals surface area (Å²) in [6.07, 6.45) is 8.09. The van der Waals surface area contributed by atoms with Crippen LogP contribution in [0.4, 0.5) is 0 Å². The minimum Gasteiger partial charge on any atom is -0.496 e. The van der Waals surface area contributed by atoms with Gasteiger partial charge in [-0.15, -0.1) is 11.3 Å². The summed E-state index contributed by atoms with van der Waals surface area (Å²) in [5.74, 6) is 0.973. The van der Waals surface area contributed by atoms with Crippen LogP contribution in [0.5, 0.6) is 5.75 Å². The second-order valence-corrected chi connectivity index (χ2v) is 11.7. The van der Waals surface area contributed by atoms with E-state index in [9.17, 15) is 9.59 Å². The number of methoxy groups -OCH3 is 1. The molecule has 5 rings (SSSR count). The van der Waals surface area contributed by atoms with E-state index in [2.05, 4.69) is 36.4 Å². The van der Waals surface area contributed by atoms with E-state index < -0.39 is 5.97 Å². The van der Waals surface area contributed by atoms with Crippen molar-refractivity contribution >= 4 is 17.3 Å². The fourth-order valence-corrected chi connectivity index (χ4v) is 5.96. The number of carbonyl (C=O) groups is 1. The first kappa shape index (κ1) is 23.8. The number of hydrogen-bond acceptors (Lipinski definition) is 6. The molecule has 0 amide bonds. The molecule has 1 aromatic carbocycles. The Morgan fingerprint density at radius 2 is 1.97 bits per heavy atom. The third-order valence-electron chi connectivity index (χ3n) is 7.00. The lowest BCUT2D eigenvalue weighted by Crippen LogP contribution is -2.33. The maximum atomic E-state index is 13.0. The molecule has 0 spiro atoms. The van der Waals surface area contributed by atoms with Crippen LogP contribution in [0.1, 0.15) is 67.5 Å². The first-order valence-corrected chi connectivity index (χ1v) is 13.1. The molecule has 2 aromatic heterocycles. The lowest BCUT2D eigenvalue weighted by atomic mass is 9.78. The Hall–Kier alpha value is -2.93. The Bertz CT molecular complexity index is 1340. The van der Waals surface area contributed by atoms with Gasteiger partial charge in [-0.05, 0) is 55.2 Å². The van der Waals surface area contributed by atoms with Gasteiger partial charge in [-0.1, -0.05) is 20.8 Å². The van der Waals surface area contributed by atoms with Crippen molar-refractivity contribution in [3.8, 4) is 27.4 Å². The first-order chi connectivity index (χ1) is 16.7. The topological polar surface area (TPSA) is 70.4 Å². The number of hydrogen-bond donors (Lipinski definition) is 0. The standard InChI is InChI=1S/C28H32N2O4S/c1-6-34-27(32)20-15-30-21(13-22(20)31)18-12-23(33-5)19(10-17(18)11-25(30)28(2,3)4)24-14-29-26(35-24)9-16-7-8-16/h10,12-16,25H,6-9,11H2,1-5H3. The maximum absolute atomic E-state index is 13.0. The molecule has 1 atom stereocenters. The van der Waals surface area contributed by atoms with Gasteiger partial charge < -0.3 is 14.0 Å². The molecule has 1 saturated carbocycles. The third-order valence-corrected chi connectivity index (χ3v) is 8.06. The minimum atomic E-state index is -0.577. The quantitative estimate of drug-likeness (QED) is 0.400. The molecule has 2 aliphatic rings. The van der Waals surface area contributed by atoms with Gasteiger partial charge in [0, 0.05) is 42.0 Å². The molecule has 35 heavy (non-hydrogen) atoms. The van der Waals surface area contributed by atoms with Gasteiger partial charge in [0.05, 0.1) is 29.3 Å². The molecular formula is C28H32N2O4S. The number of fused-ring (bicyclic) bond motifs is 3. The van der Waals surface area contributed by atoms with Crippen LogP contribution in [0.15, 0.2) is 35.4 Å². The largest absolute Gasteiger partial charge is 0.496 e. The molecular weight excluding hydrogens is 460 g/mol. The SMILES string of the molecule is CCOC(=O)c1cn2c(cc1=O)-c1cc(OC)c(-c3cnc(CC4CC4)s3)cc1CC2C(C)(C)C. The fraction of sp³-hybridized carbons (Fsp3) is 0.464. The van der Waals surface area contributed by atoms with Crippen molar-refractivity contribution in [3.63, 3.8) is 0 Å². The highest BCUT2D eigenvalue weighted by Gasteiger charge is 2.34. The van der Waals surface area contributed by atoms with Gasteiger partial charge in [-0.2, -0.15) is 0 Å². The summed E-state index contributed by atoms with van der Waals surface area (Å²) in [5.41, 5.74) is 3.61. The number of esters is 1. The van der Waals surface area contributed by atoms with E-state index in [1.165, 1.54) is 23.4 Å². The van der Waals surface area contributed by atoms with Gasteiger partial charge in [0.25, 0.3) is 0 Å². The molecule has 0 N–H and O–H groups in total. The molecule has 1 aliphatic carbocycles. The predicted octanol–water partition coefficient (Wildman–Crippen LogP) is 5.92. The van der Waals surface area contributed by atoms with E-state index in [0.717, 1.165) is 46.2 Å². The van der Waals surface area contributed by atoms with Crippen molar-refractivity contribution < 1.29 is 14.3 Å². The van der Waals surface area contributed by atoms with Gasteiger partial charge >= 0.3 is 5.97 Å². The van der Waals surface area contributed by atoms with Crippen molar-refractivity contribution in [2.24, 2.45) is 11.3 Å². The predicted molar refractivity (Wildman–Crippen MR) is 138 cm³/mol. The van der Waals surface area contributed by atoms with Crippen molar-refractivity contribution in [1.82, 2.24) is 9.55 Å².